The van der Waals surface area contributed by atoms with Gasteiger partial charge < -0.3 is 14.8 Å². The lowest BCUT2D eigenvalue weighted by Crippen LogP contribution is -2.25. The number of hydrogen-bond acceptors (Lipinski definition) is 7. The van der Waals surface area contributed by atoms with E-state index in [0.717, 1.165) is 18.9 Å². The quantitative estimate of drug-likeness (QED) is 0.110. The zero-order valence-electron chi connectivity index (χ0n) is 18.2. The summed E-state index contributed by atoms with van der Waals surface area (Å²) in [6.07, 6.45) is 5.69. The summed E-state index contributed by atoms with van der Waals surface area (Å²) in [4.78, 5) is 34.6. The van der Waals surface area contributed by atoms with Gasteiger partial charge in [-0.25, -0.2) is 4.79 Å². The van der Waals surface area contributed by atoms with E-state index in [2.05, 4.69) is 5.32 Å². The molecule has 170 valence electrons. The Morgan fingerprint density at radius 3 is 2.64 bits per heavy atom. The van der Waals surface area contributed by atoms with Crippen LogP contribution in [0.15, 0.2) is 54.1 Å². The van der Waals surface area contributed by atoms with Crippen LogP contribution in [0.3, 0.4) is 0 Å². The van der Waals surface area contributed by atoms with Gasteiger partial charge in [0, 0.05) is 24.8 Å². The number of rotatable bonds is 10. The number of carbonyl (C=O) groups excluding carboxylic acids is 2. The van der Waals surface area contributed by atoms with Gasteiger partial charge in [-0.15, -0.1) is 0 Å². The van der Waals surface area contributed by atoms with Gasteiger partial charge in [-0.2, -0.15) is 5.26 Å². The highest BCUT2D eigenvalue weighted by molar-refractivity contribution is 6.01. The van der Waals surface area contributed by atoms with Gasteiger partial charge in [0.25, 0.3) is 11.6 Å². The third-order valence-corrected chi connectivity index (χ3v) is 4.38. The number of nitriles is 1. The first-order chi connectivity index (χ1) is 15.9. The minimum Gasteiger partial charge on any atom is -0.493 e. The Bertz CT molecular complexity index is 1130. The summed E-state index contributed by atoms with van der Waals surface area (Å²) >= 11 is 0. The molecular weight excluding hydrogens is 426 g/mol. The summed E-state index contributed by atoms with van der Waals surface area (Å²) in [6.45, 7) is 2.48. The molecule has 0 aliphatic carbocycles. The number of unbranched alkanes of at least 4 members (excludes halogenated alkanes) is 1. The van der Waals surface area contributed by atoms with Crippen LogP contribution < -0.4 is 14.8 Å². The molecule has 1 N–H and O–H groups in total. The third-order valence-electron chi connectivity index (χ3n) is 4.38. The molecule has 1 amide bonds. The van der Waals surface area contributed by atoms with Crippen LogP contribution in [-0.2, 0) is 9.59 Å². The number of methoxy groups -OCH3 is 1. The van der Waals surface area contributed by atoms with Gasteiger partial charge in [0.05, 0.1) is 12.0 Å². The largest absolute Gasteiger partial charge is 0.493 e. The standard InChI is InChI=1S/C24H23N3O6/c1-3-4-12-26-24(29)19(16-25)13-18-8-10-21(22(15-18)32-2)33-23(28)11-9-17-6-5-7-20(14-17)27(30)31/h5-11,13-15H,3-4,12H2,1-2H3,(H,26,29). The highest BCUT2D eigenvalue weighted by atomic mass is 16.6. The molecule has 2 aromatic carbocycles. The van der Waals surface area contributed by atoms with Crippen molar-refractivity contribution in [3.63, 3.8) is 0 Å². The number of nitro groups is 1. The normalized spacial score (nSPS) is 11.0. The van der Waals surface area contributed by atoms with E-state index in [4.69, 9.17) is 9.47 Å². The van der Waals surface area contributed by atoms with Crippen molar-refractivity contribution in [1.29, 1.82) is 5.26 Å². The number of esters is 1. The zero-order valence-corrected chi connectivity index (χ0v) is 18.2. The fourth-order valence-corrected chi connectivity index (χ4v) is 2.70. The minimum atomic E-state index is -0.712. The molecule has 0 atom stereocenters. The summed E-state index contributed by atoms with van der Waals surface area (Å²) < 4.78 is 10.5. The Hall–Kier alpha value is -4.45. The second kappa shape index (κ2) is 12.4. The number of non-ortho nitro benzene ring substituents is 1. The monoisotopic (exact) mass is 449 g/mol. The molecule has 0 radical (unpaired) electrons. The van der Waals surface area contributed by atoms with Crippen LogP contribution in [0, 0.1) is 21.4 Å². The predicted octanol–water partition coefficient (Wildman–Crippen LogP) is 4.05. The summed E-state index contributed by atoms with van der Waals surface area (Å²) in [6, 6.07) is 12.3. The molecule has 0 unspecified atom stereocenters. The van der Waals surface area contributed by atoms with Gasteiger partial charge in [0.15, 0.2) is 11.5 Å². The third kappa shape index (κ3) is 7.63. The Labute approximate surface area is 191 Å². The number of hydrogen-bond donors (Lipinski definition) is 1. The molecule has 33 heavy (non-hydrogen) atoms. The minimum absolute atomic E-state index is 0.0576. The fraction of sp³-hybridized carbons (Fsp3) is 0.208. The first kappa shape index (κ1) is 24.8. The zero-order chi connectivity index (χ0) is 24.2. The van der Waals surface area contributed by atoms with Crippen LogP contribution in [0.4, 0.5) is 5.69 Å². The highest BCUT2D eigenvalue weighted by Gasteiger charge is 2.12. The molecule has 0 heterocycles. The molecule has 0 aliphatic rings. The van der Waals surface area contributed by atoms with Gasteiger partial charge >= 0.3 is 5.97 Å². The molecule has 0 fully saturated rings. The SMILES string of the molecule is CCCCNC(=O)C(C#N)=Cc1ccc(OC(=O)C=Cc2cccc([N+](=O)[O-])c2)c(OC)c1. The fourth-order valence-electron chi connectivity index (χ4n) is 2.70. The second-order valence-corrected chi connectivity index (χ2v) is 6.80. The number of nitrogens with one attached hydrogen (secondary N) is 1. The number of carbonyl (C=O) groups is 2. The molecule has 9 nitrogen and oxygen atoms in total. The van der Waals surface area contributed by atoms with Crippen molar-refractivity contribution >= 4 is 29.7 Å². The molecule has 0 aromatic heterocycles. The molecule has 2 rings (SSSR count). The van der Waals surface area contributed by atoms with E-state index < -0.39 is 16.8 Å². The molecule has 0 bridgehead atoms. The van der Waals surface area contributed by atoms with E-state index in [0.29, 0.717) is 17.7 Å². The van der Waals surface area contributed by atoms with Crippen molar-refractivity contribution in [1.82, 2.24) is 5.32 Å². The van der Waals surface area contributed by atoms with E-state index >= 15 is 0 Å². The lowest BCUT2D eigenvalue weighted by molar-refractivity contribution is -0.384. The van der Waals surface area contributed by atoms with Gasteiger partial charge in [0.2, 0.25) is 0 Å². The number of benzene rings is 2. The molecular formula is C24H23N3O6. The molecule has 2 aromatic rings. The first-order valence-corrected chi connectivity index (χ1v) is 10.1. The topological polar surface area (TPSA) is 132 Å². The molecule has 0 aliphatic heterocycles. The average Bonchev–Trinajstić information content (AvgIpc) is 2.82. The van der Waals surface area contributed by atoms with Crippen molar-refractivity contribution in [3.05, 3.63) is 75.4 Å². The maximum atomic E-state index is 12.2. The lowest BCUT2D eigenvalue weighted by atomic mass is 10.1. The van der Waals surface area contributed by atoms with Crippen LogP contribution in [0.2, 0.25) is 0 Å². The smallest absolute Gasteiger partial charge is 0.336 e. The van der Waals surface area contributed by atoms with E-state index in [-0.39, 0.29) is 22.8 Å². The Morgan fingerprint density at radius 1 is 1.18 bits per heavy atom. The van der Waals surface area contributed by atoms with Crippen molar-refractivity contribution in [2.75, 3.05) is 13.7 Å². The maximum absolute atomic E-state index is 12.2. The Balaban J connectivity index is 2.13. The van der Waals surface area contributed by atoms with E-state index in [9.17, 15) is 25.0 Å². The predicted molar refractivity (Wildman–Crippen MR) is 122 cm³/mol. The summed E-state index contributed by atoms with van der Waals surface area (Å²) in [5.41, 5.74) is 0.834. The molecule has 9 heteroatoms. The number of ether oxygens (including phenoxy) is 2. The summed E-state index contributed by atoms with van der Waals surface area (Å²) in [5.74, 6) is -0.818. The van der Waals surface area contributed by atoms with Crippen LogP contribution >= 0.6 is 0 Å². The first-order valence-electron chi connectivity index (χ1n) is 10.1. The van der Waals surface area contributed by atoms with E-state index in [1.54, 1.807) is 12.1 Å². The van der Waals surface area contributed by atoms with Crippen LogP contribution in [0.5, 0.6) is 11.5 Å². The molecule has 0 spiro atoms. The highest BCUT2D eigenvalue weighted by Crippen LogP contribution is 2.29. The number of nitrogens with zero attached hydrogens (tertiary/aromatic N) is 2. The van der Waals surface area contributed by atoms with E-state index in [1.807, 2.05) is 13.0 Å². The Kier molecular flexibility index (Phi) is 9.34. The second-order valence-electron chi connectivity index (χ2n) is 6.80. The van der Waals surface area contributed by atoms with Crippen molar-refractivity contribution < 1.29 is 24.0 Å². The number of amides is 1. The maximum Gasteiger partial charge on any atom is 0.336 e. The molecule has 0 saturated carbocycles. The van der Waals surface area contributed by atoms with Gasteiger partial charge in [-0.1, -0.05) is 31.5 Å². The summed E-state index contributed by atoms with van der Waals surface area (Å²) in [5, 5.41) is 22.8. The van der Waals surface area contributed by atoms with Crippen LogP contribution in [0.25, 0.3) is 12.2 Å². The van der Waals surface area contributed by atoms with Crippen molar-refractivity contribution in [3.8, 4) is 17.6 Å². The molecule has 0 saturated heterocycles. The van der Waals surface area contributed by atoms with Gasteiger partial charge in [0.1, 0.15) is 11.6 Å². The van der Waals surface area contributed by atoms with Crippen molar-refractivity contribution in [2.24, 2.45) is 0 Å². The Morgan fingerprint density at radius 2 is 1.97 bits per heavy atom. The lowest BCUT2D eigenvalue weighted by Gasteiger charge is -2.09. The van der Waals surface area contributed by atoms with Crippen LogP contribution in [-0.4, -0.2) is 30.5 Å². The van der Waals surface area contributed by atoms with Gasteiger partial charge in [-0.05, 0) is 41.8 Å². The number of nitro benzene ring substituents is 1. The van der Waals surface area contributed by atoms with Gasteiger partial charge in [-0.3, -0.25) is 14.9 Å². The van der Waals surface area contributed by atoms with E-state index in [1.165, 1.54) is 49.6 Å². The summed E-state index contributed by atoms with van der Waals surface area (Å²) in [7, 11) is 1.39. The van der Waals surface area contributed by atoms with Crippen molar-refractivity contribution in [2.45, 2.75) is 19.8 Å². The average molecular weight is 449 g/mol. The van der Waals surface area contributed by atoms with Crippen LogP contribution in [0.1, 0.15) is 30.9 Å².